The average molecular weight is 751 g/mol. The zero-order valence-electron chi connectivity index (χ0n) is 26.4. The molecule has 0 bridgehead atoms. The molecule has 0 saturated heterocycles. The number of phenolic OH excluding ortho intramolecular Hbond substituents is 1. The van der Waals surface area contributed by atoms with Crippen LogP contribution < -0.4 is 0 Å². The number of aliphatic hydroxyl groups excluding tert-OH is 1. The lowest BCUT2D eigenvalue weighted by Gasteiger charge is -2.54. The van der Waals surface area contributed by atoms with Crippen molar-refractivity contribution in [1.29, 1.82) is 0 Å². The van der Waals surface area contributed by atoms with Crippen LogP contribution in [0.4, 0.5) is 57.1 Å². The van der Waals surface area contributed by atoms with Gasteiger partial charge in [0.25, 0.3) is 0 Å². The van der Waals surface area contributed by atoms with Crippen molar-refractivity contribution in [1.82, 2.24) is 0 Å². The number of aryl methyl sites for hydroxylation is 1. The lowest BCUT2D eigenvalue weighted by molar-refractivity contribution is -0.367. The summed E-state index contributed by atoms with van der Waals surface area (Å²) in [6, 6.07) is 4.76. The second-order valence-electron chi connectivity index (χ2n) is 14.1. The van der Waals surface area contributed by atoms with Crippen LogP contribution >= 0.6 is 0 Å². The summed E-state index contributed by atoms with van der Waals surface area (Å²) in [4.78, 5) is 0. The van der Waals surface area contributed by atoms with Gasteiger partial charge in [0.2, 0.25) is 0 Å². The first-order valence-corrected chi connectivity index (χ1v) is 17.6. The Bertz CT molecular complexity index is 1350. The van der Waals surface area contributed by atoms with Crippen molar-refractivity contribution in [2.24, 2.45) is 23.2 Å². The first-order chi connectivity index (χ1) is 22.3. The zero-order chi connectivity index (χ0) is 37.0. The number of fused-ring (bicyclic) bond motifs is 5. The molecule has 3 aliphatic carbocycles. The van der Waals surface area contributed by atoms with Crippen LogP contribution in [0.15, 0.2) is 18.2 Å². The SMILES string of the molecule is C[C@]12C[C@H](CCCC(F)(F)C(F)(F)C(F)(F)C(F)(F)CCS(=O)CCCC(F)(F)C(F)(F)F)[C@@H]3c4ccc(O)cc4CC[C@H]3[C@@H]1CC[C@@H]2O. The number of alkyl halides is 13. The molecule has 3 nitrogen and oxygen atoms in total. The highest BCUT2D eigenvalue weighted by Crippen LogP contribution is 2.64. The Morgan fingerprint density at radius 2 is 1.39 bits per heavy atom. The van der Waals surface area contributed by atoms with Crippen LogP contribution in [-0.4, -0.2) is 67.8 Å². The minimum absolute atomic E-state index is 0.00500. The van der Waals surface area contributed by atoms with Gasteiger partial charge in [-0.05, 0) is 104 Å². The van der Waals surface area contributed by atoms with Crippen LogP contribution in [0.25, 0.3) is 0 Å². The van der Waals surface area contributed by atoms with Crippen LogP contribution in [0.1, 0.15) is 88.2 Å². The molecular formula is C32H39F13O3S. The van der Waals surface area contributed by atoms with E-state index in [4.69, 9.17) is 0 Å². The second-order valence-corrected chi connectivity index (χ2v) is 15.8. The first kappa shape index (κ1) is 40.0. The van der Waals surface area contributed by atoms with Gasteiger partial charge in [-0.3, -0.25) is 4.21 Å². The molecule has 7 atom stereocenters. The van der Waals surface area contributed by atoms with E-state index in [0.717, 1.165) is 11.1 Å². The minimum atomic E-state index is -6.65. The molecule has 0 aliphatic heterocycles. The van der Waals surface area contributed by atoms with E-state index in [2.05, 4.69) is 0 Å². The molecule has 3 aliphatic rings. The van der Waals surface area contributed by atoms with E-state index in [-0.39, 0.29) is 29.9 Å². The quantitative estimate of drug-likeness (QED) is 0.186. The highest BCUT2D eigenvalue weighted by Gasteiger charge is 2.79. The van der Waals surface area contributed by atoms with Crippen molar-refractivity contribution >= 4 is 10.8 Å². The Morgan fingerprint density at radius 1 is 0.796 bits per heavy atom. The highest BCUT2D eigenvalue weighted by atomic mass is 32.2. The molecule has 4 rings (SSSR count). The number of benzene rings is 1. The largest absolute Gasteiger partial charge is 0.508 e. The van der Waals surface area contributed by atoms with Crippen molar-refractivity contribution in [3.63, 3.8) is 0 Å². The monoisotopic (exact) mass is 750 g/mol. The average Bonchev–Trinajstić information content (AvgIpc) is 3.28. The fourth-order valence-corrected chi connectivity index (χ4v) is 9.58. The second kappa shape index (κ2) is 13.6. The van der Waals surface area contributed by atoms with Crippen LogP contribution in [0.2, 0.25) is 0 Å². The Labute approximate surface area is 277 Å². The zero-order valence-corrected chi connectivity index (χ0v) is 27.3. The van der Waals surface area contributed by atoms with Gasteiger partial charge in [0, 0.05) is 41.6 Å². The predicted molar refractivity (Wildman–Crippen MR) is 154 cm³/mol. The Hall–Kier alpha value is -1.78. The van der Waals surface area contributed by atoms with Crippen molar-refractivity contribution in [2.75, 3.05) is 11.5 Å². The molecule has 1 aromatic rings. The molecule has 0 amide bonds. The standard InChI is InChI=1S/C32H39F13O3S/c1-26-17-19(25-21-8-6-20(46)16-18(21)5-7-22(25)23(26)9-10-24(26)47)4-2-11-27(33,34)30(39,40)31(41,42)28(35,36)13-15-49(48)14-3-12-29(37,38)32(43,44)45/h6,8,16,19,22-25,46-47H,2-5,7,9-15,17H2,1H3/t19-,22-,23-,24-,25+,26-,49?/m0/s1. The lowest BCUT2D eigenvalue weighted by atomic mass is 9.51. The minimum Gasteiger partial charge on any atom is -0.508 e. The van der Waals surface area contributed by atoms with Crippen LogP contribution in [0.3, 0.4) is 0 Å². The summed E-state index contributed by atoms with van der Waals surface area (Å²) in [6.07, 6.45) is -12.0. The summed E-state index contributed by atoms with van der Waals surface area (Å²) in [6.45, 7) is 1.88. The molecule has 2 saturated carbocycles. The number of hydrogen-bond acceptors (Lipinski definition) is 3. The fourth-order valence-electron chi connectivity index (χ4n) is 8.43. The Balaban J connectivity index is 1.42. The summed E-state index contributed by atoms with van der Waals surface area (Å²) < 4.78 is 192. The normalized spacial score (nSPS) is 28.9. The molecule has 2 N–H and O–H groups in total. The molecule has 0 radical (unpaired) electrons. The third kappa shape index (κ3) is 7.44. The number of aliphatic hydroxyl groups is 1. The van der Waals surface area contributed by atoms with E-state index in [9.17, 15) is 71.5 Å². The van der Waals surface area contributed by atoms with Gasteiger partial charge >= 0.3 is 35.8 Å². The molecule has 49 heavy (non-hydrogen) atoms. The molecule has 282 valence electrons. The maximum absolute atomic E-state index is 14.9. The van der Waals surface area contributed by atoms with Gasteiger partial charge in [-0.15, -0.1) is 0 Å². The third-order valence-electron chi connectivity index (χ3n) is 11.1. The lowest BCUT2D eigenvalue weighted by Crippen LogP contribution is -2.62. The summed E-state index contributed by atoms with van der Waals surface area (Å²) in [5.41, 5.74) is 1.06. The third-order valence-corrected chi connectivity index (χ3v) is 12.5. The van der Waals surface area contributed by atoms with Gasteiger partial charge in [-0.25, -0.2) is 0 Å². The van der Waals surface area contributed by atoms with E-state index in [1.165, 1.54) is 6.07 Å². The van der Waals surface area contributed by atoms with E-state index < -0.39 is 108 Å². The number of rotatable bonds is 14. The van der Waals surface area contributed by atoms with E-state index in [1.54, 1.807) is 12.1 Å². The summed E-state index contributed by atoms with van der Waals surface area (Å²) in [5.74, 6) is -33.2. The van der Waals surface area contributed by atoms with Crippen molar-refractivity contribution in [2.45, 2.75) is 125 Å². The van der Waals surface area contributed by atoms with Gasteiger partial charge in [0.05, 0.1) is 6.10 Å². The van der Waals surface area contributed by atoms with Crippen LogP contribution in [-0.2, 0) is 17.2 Å². The number of halogens is 13. The van der Waals surface area contributed by atoms with Gasteiger partial charge in [0.15, 0.2) is 0 Å². The molecular weight excluding hydrogens is 711 g/mol. The Morgan fingerprint density at radius 3 is 2.00 bits per heavy atom. The van der Waals surface area contributed by atoms with Gasteiger partial charge in [-0.2, -0.15) is 57.1 Å². The van der Waals surface area contributed by atoms with Crippen LogP contribution in [0.5, 0.6) is 5.75 Å². The molecule has 0 aromatic heterocycles. The Kier molecular flexibility index (Phi) is 11.1. The smallest absolute Gasteiger partial charge is 0.453 e. The number of aromatic hydroxyl groups is 1. The first-order valence-electron chi connectivity index (χ1n) is 16.1. The van der Waals surface area contributed by atoms with Crippen molar-refractivity contribution in [3.8, 4) is 5.75 Å². The van der Waals surface area contributed by atoms with Gasteiger partial charge in [0.1, 0.15) is 5.75 Å². The topological polar surface area (TPSA) is 57.5 Å². The highest BCUT2D eigenvalue weighted by molar-refractivity contribution is 7.84. The van der Waals surface area contributed by atoms with Gasteiger partial charge < -0.3 is 10.2 Å². The molecule has 17 heteroatoms. The summed E-state index contributed by atoms with van der Waals surface area (Å²) in [7, 11) is -2.73. The molecule has 1 aromatic carbocycles. The molecule has 1 unspecified atom stereocenters. The maximum Gasteiger partial charge on any atom is 0.453 e. The molecule has 0 heterocycles. The number of hydrogen-bond donors (Lipinski definition) is 2. The molecule has 2 fully saturated rings. The maximum atomic E-state index is 14.9. The van der Waals surface area contributed by atoms with E-state index in [1.807, 2.05) is 6.92 Å². The van der Waals surface area contributed by atoms with Crippen molar-refractivity contribution < 1.29 is 71.5 Å². The summed E-state index contributed by atoms with van der Waals surface area (Å²) in [5, 5.41) is 20.8. The predicted octanol–water partition coefficient (Wildman–Crippen LogP) is 9.66. The van der Waals surface area contributed by atoms with E-state index >= 15 is 0 Å². The van der Waals surface area contributed by atoms with E-state index in [0.29, 0.717) is 32.1 Å². The number of phenols is 1. The summed E-state index contributed by atoms with van der Waals surface area (Å²) >= 11 is 0. The van der Waals surface area contributed by atoms with Crippen molar-refractivity contribution in [3.05, 3.63) is 29.3 Å². The molecule has 0 spiro atoms. The van der Waals surface area contributed by atoms with Crippen LogP contribution in [0, 0.1) is 23.2 Å². The fraction of sp³-hybridized carbons (Fsp3) is 0.812. The van der Waals surface area contributed by atoms with Gasteiger partial charge in [-0.1, -0.05) is 13.0 Å².